The Morgan fingerprint density at radius 3 is 2.75 bits per heavy atom. The van der Waals surface area contributed by atoms with Crippen molar-refractivity contribution in [2.24, 2.45) is 0 Å². The maximum atomic E-state index is 12.4. The Morgan fingerprint density at radius 1 is 1.31 bits per heavy atom. The molecule has 0 fully saturated rings. The van der Waals surface area contributed by atoms with Crippen LogP contribution < -0.4 is 5.32 Å². The van der Waals surface area contributed by atoms with Crippen LogP contribution in [0.2, 0.25) is 0 Å². The summed E-state index contributed by atoms with van der Waals surface area (Å²) in [5, 5.41) is 2.96. The van der Waals surface area contributed by atoms with Crippen LogP contribution in [0.25, 0.3) is 0 Å². The van der Waals surface area contributed by atoms with E-state index in [2.05, 4.69) is 5.32 Å². The smallest absolute Gasteiger partial charge is 0.373 e. The van der Waals surface area contributed by atoms with Crippen LogP contribution in [0.4, 0.5) is 13.2 Å². The fourth-order valence-electron chi connectivity index (χ4n) is 1.57. The van der Waals surface area contributed by atoms with Crippen molar-refractivity contribution >= 4 is 0 Å². The lowest BCUT2D eigenvalue weighted by Gasteiger charge is -2.15. The van der Waals surface area contributed by atoms with Gasteiger partial charge in [0.15, 0.2) is 0 Å². The predicted octanol–water partition coefficient (Wildman–Crippen LogP) is 2.54. The van der Waals surface area contributed by atoms with Gasteiger partial charge in [0.2, 0.25) is 0 Å². The number of alkyl halides is 3. The van der Waals surface area contributed by atoms with E-state index < -0.39 is 11.7 Å². The minimum atomic E-state index is -4.27. The first-order valence-corrected chi connectivity index (χ1v) is 4.86. The monoisotopic (exact) mass is 228 g/mol. The molecule has 0 saturated heterocycles. The van der Waals surface area contributed by atoms with Crippen LogP contribution in [0.15, 0.2) is 36.7 Å². The highest BCUT2D eigenvalue weighted by Gasteiger charge is 2.30. The molecule has 1 N–H and O–H groups in total. The van der Waals surface area contributed by atoms with Crippen molar-refractivity contribution in [2.45, 2.75) is 12.7 Å². The number of halogens is 3. The zero-order chi connectivity index (χ0) is 11.6. The number of benzene rings is 1. The van der Waals surface area contributed by atoms with Crippen LogP contribution >= 0.6 is 0 Å². The molecule has 0 spiro atoms. The molecule has 0 aliphatic carbocycles. The molecule has 1 aliphatic rings. The average Bonchev–Trinajstić information content (AvgIpc) is 2.70. The van der Waals surface area contributed by atoms with Gasteiger partial charge >= 0.3 is 6.18 Å². The van der Waals surface area contributed by atoms with Crippen molar-refractivity contribution < 1.29 is 13.2 Å². The van der Waals surface area contributed by atoms with Crippen LogP contribution in [0.1, 0.15) is 11.1 Å². The summed E-state index contributed by atoms with van der Waals surface area (Å²) in [7, 11) is 0. The van der Waals surface area contributed by atoms with Crippen molar-refractivity contribution in [3.05, 3.63) is 47.8 Å². The molecule has 0 amide bonds. The Labute approximate surface area is 91.4 Å². The van der Waals surface area contributed by atoms with Gasteiger partial charge in [0, 0.05) is 18.9 Å². The summed E-state index contributed by atoms with van der Waals surface area (Å²) in [4.78, 5) is 1.90. The second-order valence-electron chi connectivity index (χ2n) is 3.62. The number of rotatable bonds is 2. The van der Waals surface area contributed by atoms with Crippen LogP contribution in [0.5, 0.6) is 0 Å². The predicted molar refractivity (Wildman–Crippen MR) is 54.1 cm³/mol. The third-order valence-corrected chi connectivity index (χ3v) is 2.34. The third kappa shape index (κ3) is 2.48. The summed E-state index contributed by atoms with van der Waals surface area (Å²) in [6.45, 7) is 1.11. The Balaban J connectivity index is 2.13. The van der Waals surface area contributed by atoms with E-state index in [0.29, 0.717) is 18.8 Å². The van der Waals surface area contributed by atoms with E-state index in [1.165, 1.54) is 12.1 Å². The quantitative estimate of drug-likeness (QED) is 0.836. The van der Waals surface area contributed by atoms with Gasteiger partial charge in [0.05, 0.1) is 12.2 Å². The molecule has 1 heterocycles. The molecule has 0 unspecified atom stereocenters. The van der Waals surface area contributed by atoms with Gasteiger partial charge in [-0.15, -0.1) is 0 Å². The standard InChI is InChI=1S/C11H11F3N2/c12-11(13,14)10-3-1-2-9(6-10)7-16-5-4-15-8-16/h1-6,15H,7-8H2. The number of hydrogen-bond acceptors (Lipinski definition) is 2. The molecule has 0 atom stereocenters. The second-order valence-corrected chi connectivity index (χ2v) is 3.62. The first-order valence-electron chi connectivity index (χ1n) is 4.86. The molecule has 0 bridgehead atoms. The molecule has 86 valence electrons. The van der Waals surface area contributed by atoms with Gasteiger partial charge in [-0.1, -0.05) is 12.1 Å². The zero-order valence-corrected chi connectivity index (χ0v) is 8.46. The normalized spacial score (nSPS) is 15.3. The van der Waals surface area contributed by atoms with E-state index in [1.807, 2.05) is 11.1 Å². The summed E-state index contributed by atoms with van der Waals surface area (Å²) in [5.41, 5.74) is 0.0595. The van der Waals surface area contributed by atoms with Crippen molar-refractivity contribution in [3.63, 3.8) is 0 Å². The molecule has 1 aromatic rings. The number of hydrogen-bond donors (Lipinski definition) is 1. The molecule has 0 aromatic heterocycles. The van der Waals surface area contributed by atoms with Gasteiger partial charge < -0.3 is 10.2 Å². The molecule has 2 nitrogen and oxygen atoms in total. The first-order chi connectivity index (χ1) is 7.55. The zero-order valence-electron chi connectivity index (χ0n) is 8.46. The van der Waals surface area contributed by atoms with E-state index in [-0.39, 0.29) is 0 Å². The summed E-state index contributed by atoms with van der Waals surface area (Å²) < 4.78 is 37.3. The molecule has 0 radical (unpaired) electrons. The minimum absolute atomic E-state index is 0.480. The number of nitrogens with one attached hydrogen (secondary N) is 1. The summed E-state index contributed by atoms with van der Waals surface area (Å²) in [5.74, 6) is 0. The SMILES string of the molecule is FC(F)(F)c1cccc(CN2C=CNC2)c1. The molecule has 5 heteroatoms. The van der Waals surface area contributed by atoms with Gasteiger partial charge in [-0.25, -0.2) is 0 Å². The van der Waals surface area contributed by atoms with Crippen molar-refractivity contribution in [3.8, 4) is 0 Å². The van der Waals surface area contributed by atoms with E-state index in [9.17, 15) is 13.2 Å². The Kier molecular flexibility index (Phi) is 2.77. The van der Waals surface area contributed by atoms with Crippen molar-refractivity contribution in [1.82, 2.24) is 10.2 Å². The minimum Gasteiger partial charge on any atom is -0.373 e. The molecule has 2 rings (SSSR count). The van der Waals surface area contributed by atoms with E-state index in [0.717, 1.165) is 6.07 Å². The van der Waals surface area contributed by atoms with Crippen LogP contribution in [-0.4, -0.2) is 11.6 Å². The molecular weight excluding hydrogens is 217 g/mol. The van der Waals surface area contributed by atoms with Crippen molar-refractivity contribution in [1.29, 1.82) is 0 Å². The second kappa shape index (κ2) is 4.08. The Hall–Kier alpha value is -1.65. The maximum Gasteiger partial charge on any atom is 0.416 e. The molecular formula is C11H11F3N2. The van der Waals surface area contributed by atoms with E-state index >= 15 is 0 Å². The van der Waals surface area contributed by atoms with Crippen LogP contribution in [-0.2, 0) is 12.7 Å². The summed E-state index contributed by atoms with van der Waals surface area (Å²) in [6, 6.07) is 5.40. The Bertz CT molecular complexity index is 398. The van der Waals surface area contributed by atoms with E-state index in [1.54, 1.807) is 12.3 Å². The lowest BCUT2D eigenvalue weighted by atomic mass is 10.1. The highest BCUT2D eigenvalue weighted by Crippen LogP contribution is 2.29. The van der Waals surface area contributed by atoms with Gasteiger partial charge in [-0.2, -0.15) is 13.2 Å². The first kappa shape index (κ1) is 10.9. The molecule has 1 aromatic carbocycles. The van der Waals surface area contributed by atoms with Gasteiger partial charge in [0.1, 0.15) is 0 Å². The van der Waals surface area contributed by atoms with E-state index in [4.69, 9.17) is 0 Å². The topological polar surface area (TPSA) is 15.3 Å². The highest BCUT2D eigenvalue weighted by molar-refractivity contribution is 5.25. The largest absolute Gasteiger partial charge is 0.416 e. The summed E-state index contributed by atoms with van der Waals surface area (Å²) in [6.07, 6.45) is -0.678. The fraction of sp³-hybridized carbons (Fsp3) is 0.273. The lowest BCUT2D eigenvalue weighted by molar-refractivity contribution is -0.137. The number of nitrogens with zero attached hydrogens (tertiary/aromatic N) is 1. The molecule has 16 heavy (non-hydrogen) atoms. The fourth-order valence-corrected chi connectivity index (χ4v) is 1.57. The molecule has 1 aliphatic heterocycles. The highest BCUT2D eigenvalue weighted by atomic mass is 19.4. The maximum absolute atomic E-state index is 12.4. The third-order valence-electron chi connectivity index (χ3n) is 2.34. The van der Waals surface area contributed by atoms with Gasteiger partial charge in [-0.05, 0) is 17.7 Å². The van der Waals surface area contributed by atoms with Crippen LogP contribution in [0, 0.1) is 0 Å². The van der Waals surface area contributed by atoms with Crippen molar-refractivity contribution in [2.75, 3.05) is 6.67 Å². The lowest BCUT2D eigenvalue weighted by Crippen LogP contribution is -2.20. The summed E-state index contributed by atoms with van der Waals surface area (Å²) >= 11 is 0. The van der Waals surface area contributed by atoms with Gasteiger partial charge in [-0.3, -0.25) is 0 Å². The van der Waals surface area contributed by atoms with Gasteiger partial charge in [0.25, 0.3) is 0 Å². The average molecular weight is 228 g/mol. The Morgan fingerprint density at radius 2 is 2.12 bits per heavy atom. The van der Waals surface area contributed by atoms with Crippen LogP contribution in [0.3, 0.4) is 0 Å². The molecule has 0 saturated carbocycles.